The van der Waals surface area contributed by atoms with Gasteiger partial charge in [0.25, 0.3) is 5.91 Å². The molecule has 1 aliphatic heterocycles. The van der Waals surface area contributed by atoms with Crippen molar-refractivity contribution in [1.29, 1.82) is 0 Å². The third kappa shape index (κ3) is 2.57. The van der Waals surface area contributed by atoms with Gasteiger partial charge in [0.15, 0.2) is 0 Å². The van der Waals surface area contributed by atoms with Crippen LogP contribution in [0.5, 0.6) is 0 Å². The highest BCUT2D eigenvalue weighted by atomic mass is 19.1. The van der Waals surface area contributed by atoms with Crippen LogP contribution in [-0.2, 0) is 0 Å². The first-order chi connectivity index (χ1) is 11.6. The van der Waals surface area contributed by atoms with E-state index in [1.165, 1.54) is 12.1 Å². The summed E-state index contributed by atoms with van der Waals surface area (Å²) in [5.74, 6) is -0.493. The van der Waals surface area contributed by atoms with Crippen LogP contribution in [0, 0.1) is 11.7 Å². The van der Waals surface area contributed by atoms with Gasteiger partial charge in [0.1, 0.15) is 5.82 Å². The second-order valence-corrected chi connectivity index (χ2v) is 7.08. The maximum Gasteiger partial charge on any atom is 0.256 e. The van der Waals surface area contributed by atoms with Crippen LogP contribution < -0.4 is 0 Å². The summed E-state index contributed by atoms with van der Waals surface area (Å²) in [6.45, 7) is 1.05. The smallest absolute Gasteiger partial charge is 0.256 e. The number of aliphatic hydroxyl groups is 1. The Hall–Kier alpha value is -2.01. The number of pyridine rings is 1. The molecule has 126 valence electrons. The quantitative estimate of drug-likeness (QED) is 0.875. The van der Waals surface area contributed by atoms with Gasteiger partial charge in [-0.15, -0.1) is 0 Å². The summed E-state index contributed by atoms with van der Waals surface area (Å²) in [6, 6.07) is 6.17. The lowest BCUT2D eigenvalue weighted by Crippen LogP contribution is -2.54. The van der Waals surface area contributed by atoms with Crippen LogP contribution in [0.25, 0.3) is 10.9 Å². The molecule has 2 heterocycles. The van der Waals surface area contributed by atoms with Gasteiger partial charge < -0.3 is 10.0 Å². The average molecular weight is 328 g/mol. The normalized spacial score (nSPS) is 27.1. The highest BCUT2D eigenvalue weighted by Gasteiger charge is 2.44. The molecule has 0 radical (unpaired) electrons. The van der Waals surface area contributed by atoms with E-state index in [4.69, 9.17) is 0 Å². The van der Waals surface area contributed by atoms with E-state index in [1.807, 2.05) is 0 Å². The van der Waals surface area contributed by atoms with E-state index in [-0.39, 0.29) is 11.8 Å². The average Bonchev–Trinajstić information content (AvgIpc) is 2.59. The Morgan fingerprint density at radius 3 is 3.08 bits per heavy atom. The van der Waals surface area contributed by atoms with Crippen molar-refractivity contribution in [2.75, 3.05) is 13.1 Å². The summed E-state index contributed by atoms with van der Waals surface area (Å²) in [6.07, 6.45) is 6.14. The van der Waals surface area contributed by atoms with Crippen molar-refractivity contribution in [2.24, 2.45) is 5.92 Å². The number of amides is 1. The Morgan fingerprint density at radius 2 is 2.21 bits per heavy atom. The fourth-order valence-corrected chi connectivity index (χ4v) is 4.24. The SMILES string of the molecule is O=C(c1cc(F)cc2cccnc12)N1CCC2(O)CCCCC2C1. The van der Waals surface area contributed by atoms with Gasteiger partial charge in [-0.3, -0.25) is 9.78 Å². The number of rotatable bonds is 1. The molecule has 1 aromatic carbocycles. The molecule has 4 rings (SSSR count). The molecular formula is C19H21FN2O2. The van der Waals surface area contributed by atoms with Crippen LogP contribution in [0.15, 0.2) is 30.5 Å². The molecule has 0 spiro atoms. The number of nitrogens with zero attached hydrogens (tertiary/aromatic N) is 2. The number of hydrogen-bond donors (Lipinski definition) is 1. The molecule has 1 amide bonds. The summed E-state index contributed by atoms with van der Waals surface area (Å²) in [5, 5.41) is 11.4. The first-order valence-corrected chi connectivity index (χ1v) is 8.63. The van der Waals surface area contributed by atoms with Crippen LogP contribution in [-0.4, -0.2) is 39.6 Å². The van der Waals surface area contributed by atoms with Crippen LogP contribution in [0.3, 0.4) is 0 Å². The second kappa shape index (κ2) is 5.81. The van der Waals surface area contributed by atoms with Crippen LogP contribution in [0.4, 0.5) is 4.39 Å². The van der Waals surface area contributed by atoms with E-state index < -0.39 is 11.4 Å². The van der Waals surface area contributed by atoms with Gasteiger partial charge in [-0.2, -0.15) is 0 Å². The number of hydrogen-bond acceptors (Lipinski definition) is 3. The number of carbonyl (C=O) groups excluding carboxylic acids is 1. The van der Waals surface area contributed by atoms with Crippen molar-refractivity contribution in [3.63, 3.8) is 0 Å². The lowest BCUT2D eigenvalue weighted by Gasteiger charge is -2.47. The van der Waals surface area contributed by atoms with Crippen LogP contribution in [0.2, 0.25) is 0 Å². The van der Waals surface area contributed by atoms with Gasteiger partial charge in [-0.1, -0.05) is 18.9 Å². The summed E-state index contributed by atoms with van der Waals surface area (Å²) < 4.78 is 13.9. The van der Waals surface area contributed by atoms with E-state index in [0.29, 0.717) is 36.0 Å². The molecule has 0 bridgehead atoms. The minimum Gasteiger partial charge on any atom is -0.389 e. The van der Waals surface area contributed by atoms with Crippen molar-refractivity contribution >= 4 is 16.8 Å². The number of fused-ring (bicyclic) bond motifs is 2. The zero-order valence-corrected chi connectivity index (χ0v) is 13.5. The summed E-state index contributed by atoms with van der Waals surface area (Å²) >= 11 is 0. The van der Waals surface area contributed by atoms with Crippen molar-refractivity contribution in [2.45, 2.75) is 37.7 Å². The molecule has 1 N–H and O–H groups in total. The Bertz CT molecular complexity index is 794. The molecule has 1 saturated heterocycles. The molecule has 2 fully saturated rings. The molecule has 1 aromatic heterocycles. The van der Waals surface area contributed by atoms with Gasteiger partial charge >= 0.3 is 0 Å². The molecule has 2 atom stereocenters. The molecular weight excluding hydrogens is 307 g/mol. The van der Waals surface area contributed by atoms with Gasteiger partial charge in [0, 0.05) is 30.6 Å². The highest BCUT2D eigenvalue weighted by molar-refractivity contribution is 6.05. The molecule has 5 heteroatoms. The van der Waals surface area contributed by atoms with Crippen LogP contribution >= 0.6 is 0 Å². The minimum absolute atomic E-state index is 0.122. The number of benzene rings is 1. The third-order valence-electron chi connectivity index (χ3n) is 5.61. The largest absolute Gasteiger partial charge is 0.389 e. The summed E-state index contributed by atoms with van der Waals surface area (Å²) in [7, 11) is 0. The van der Waals surface area contributed by atoms with Crippen molar-refractivity contribution < 1.29 is 14.3 Å². The molecule has 24 heavy (non-hydrogen) atoms. The Kier molecular flexibility index (Phi) is 3.76. The Balaban J connectivity index is 1.65. The third-order valence-corrected chi connectivity index (χ3v) is 5.61. The Labute approximate surface area is 140 Å². The second-order valence-electron chi connectivity index (χ2n) is 7.08. The van der Waals surface area contributed by atoms with Gasteiger partial charge in [0.2, 0.25) is 0 Å². The number of halogens is 1. The molecule has 1 aliphatic carbocycles. The fraction of sp³-hybridized carbons (Fsp3) is 0.474. The highest BCUT2D eigenvalue weighted by Crippen LogP contribution is 2.40. The van der Waals surface area contributed by atoms with Crippen molar-refractivity contribution in [3.05, 3.63) is 41.8 Å². The lowest BCUT2D eigenvalue weighted by atomic mass is 9.71. The maximum atomic E-state index is 13.9. The van der Waals surface area contributed by atoms with E-state index in [9.17, 15) is 14.3 Å². The number of piperidine rings is 1. The molecule has 2 unspecified atom stereocenters. The molecule has 4 nitrogen and oxygen atoms in total. The molecule has 1 saturated carbocycles. The number of carbonyl (C=O) groups is 1. The first-order valence-electron chi connectivity index (χ1n) is 8.63. The van der Waals surface area contributed by atoms with E-state index >= 15 is 0 Å². The zero-order valence-electron chi connectivity index (χ0n) is 13.5. The van der Waals surface area contributed by atoms with Gasteiger partial charge in [-0.25, -0.2) is 4.39 Å². The minimum atomic E-state index is -0.628. The number of aromatic nitrogens is 1. The summed E-state index contributed by atoms with van der Waals surface area (Å²) in [4.78, 5) is 19.0. The van der Waals surface area contributed by atoms with Gasteiger partial charge in [-0.05, 0) is 37.5 Å². The fourth-order valence-electron chi connectivity index (χ4n) is 4.24. The first kappa shape index (κ1) is 15.5. The predicted octanol–water partition coefficient (Wildman–Crippen LogP) is 3.14. The topological polar surface area (TPSA) is 53.4 Å². The number of likely N-dealkylation sites (tertiary alicyclic amines) is 1. The van der Waals surface area contributed by atoms with Gasteiger partial charge in [0.05, 0.1) is 16.7 Å². The van der Waals surface area contributed by atoms with E-state index in [1.54, 1.807) is 23.2 Å². The van der Waals surface area contributed by atoms with E-state index in [2.05, 4.69) is 4.98 Å². The monoisotopic (exact) mass is 328 g/mol. The van der Waals surface area contributed by atoms with Crippen molar-refractivity contribution in [3.8, 4) is 0 Å². The molecule has 2 aromatic rings. The molecule has 2 aliphatic rings. The van der Waals surface area contributed by atoms with E-state index in [0.717, 1.165) is 25.7 Å². The maximum absolute atomic E-state index is 13.9. The van der Waals surface area contributed by atoms with Crippen molar-refractivity contribution in [1.82, 2.24) is 9.88 Å². The Morgan fingerprint density at radius 1 is 1.33 bits per heavy atom. The predicted molar refractivity (Wildman–Crippen MR) is 89.1 cm³/mol. The standard InChI is InChI=1S/C19H21FN2O2/c20-15-10-13-4-3-8-21-17(13)16(11-15)18(23)22-9-7-19(24)6-2-1-5-14(19)12-22/h3-4,8,10-11,14,24H,1-2,5-7,9,12H2. The van der Waals surface area contributed by atoms with Crippen LogP contribution in [0.1, 0.15) is 42.5 Å². The zero-order chi connectivity index (χ0) is 16.7. The summed E-state index contributed by atoms with van der Waals surface area (Å²) in [5.41, 5.74) is 0.220. The lowest BCUT2D eigenvalue weighted by molar-refractivity contribution is -0.0885.